The second-order valence-electron chi connectivity index (χ2n) is 5.65. The second kappa shape index (κ2) is 6.51. The fraction of sp³-hybridized carbons (Fsp3) is 0.278. The molecule has 0 saturated carbocycles. The molecule has 0 aliphatic rings. The molecule has 0 aliphatic heterocycles. The van der Waals surface area contributed by atoms with Crippen molar-refractivity contribution in [3.63, 3.8) is 0 Å². The number of benzene rings is 1. The van der Waals surface area contributed by atoms with Crippen molar-refractivity contribution in [3.05, 3.63) is 64.7 Å². The van der Waals surface area contributed by atoms with Gasteiger partial charge >= 0.3 is 0 Å². The summed E-state index contributed by atoms with van der Waals surface area (Å²) >= 11 is 6.33. The Morgan fingerprint density at radius 2 is 2.14 bits per heavy atom. The van der Waals surface area contributed by atoms with E-state index < -0.39 is 0 Å². The maximum absolute atomic E-state index is 6.33. The highest BCUT2D eigenvalue weighted by Gasteiger charge is 2.09. The third-order valence-electron chi connectivity index (χ3n) is 3.80. The maximum Gasteiger partial charge on any atom is 0.134 e. The Labute approximate surface area is 135 Å². The molecule has 0 aliphatic carbocycles. The third kappa shape index (κ3) is 3.32. The molecule has 0 amide bonds. The first-order valence-electron chi connectivity index (χ1n) is 7.44. The molecule has 0 fully saturated rings. The summed E-state index contributed by atoms with van der Waals surface area (Å²) in [6, 6.07) is 12.5. The zero-order valence-corrected chi connectivity index (χ0v) is 13.5. The van der Waals surface area contributed by atoms with Gasteiger partial charge in [-0.25, -0.2) is 4.98 Å². The minimum absolute atomic E-state index is 0.301. The second-order valence-corrected chi connectivity index (χ2v) is 6.01. The number of nitrogens with zero attached hydrogens (tertiary/aromatic N) is 1. The highest BCUT2D eigenvalue weighted by Crippen LogP contribution is 2.23. The Hall–Kier alpha value is -1.84. The summed E-state index contributed by atoms with van der Waals surface area (Å²) in [4.78, 5) is 4.54. The van der Waals surface area contributed by atoms with Gasteiger partial charge in [0.15, 0.2) is 0 Å². The summed E-state index contributed by atoms with van der Waals surface area (Å²) in [6.07, 6.45) is 2.55. The molecule has 2 aromatic heterocycles. The Morgan fingerprint density at radius 3 is 2.91 bits per heavy atom. The van der Waals surface area contributed by atoms with Gasteiger partial charge in [-0.05, 0) is 37.6 Å². The van der Waals surface area contributed by atoms with Gasteiger partial charge < -0.3 is 9.73 Å². The number of para-hydroxylation sites is 1. The molecular formula is C18H19ClN2O. The predicted molar refractivity (Wildman–Crippen MR) is 90.2 cm³/mol. The Bertz CT molecular complexity index is 768. The van der Waals surface area contributed by atoms with Gasteiger partial charge in [0.2, 0.25) is 0 Å². The minimum atomic E-state index is 0.301. The molecule has 3 nitrogen and oxygen atoms in total. The van der Waals surface area contributed by atoms with Gasteiger partial charge in [0.25, 0.3) is 0 Å². The van der Waals surface area contributed by atoms with Crippen LogP contribution < -0.4 is 5.32 Å². The smallest absolute Gasteiger partial charge is 0.134 e. The standard InChI is InChI=1S/C18H19ClN2O/c1-12-5-3-6-14-10-15(18(19)21-17(12)14)11-20-13(2)9-16-7-4-8-22-16/h3-8,10,13,20H,9,11H2,1-2H3. The van der Waals surface area contributed by atoms with E-state index in [4.69, 9.17) is 16.0 Å². The fourth-order valence-electron chi connectivity index (χ4n) is 2.58. The van der Waals surface area contributed by atoms with Crippen molar-refractivity contribution in [2.75, 3.05) is 0 Å². The van der Waals surface area contributed by atoms with Crippen LogP contribution in [0.1, 0.15) is 23.8 Å². The first-order valence-corrected chi connectivity index (χ1v) is 7.82. The molecule has 1 atom stereocenters. The molecule has 3 aromatic rings. The van der Waals surface area contributed by atoms with Gasteiger partial charge in [-0.15, -0.1) is 0 Å². The van der Waals surface area contributed by atoms with Gasteiger partial charge in [0, 0.05) is 30.0 Å². The summed E-state index contributed by atoms with van der Waals surface area (Å²) in [7, 11) is 0. The van der Waals surface area contributed by atoms with Crippen LogP contribution in [0.2, 0.25) is 5.15 Å². The quantitative estimate of drug-likeness (QED) is 0.704. The van der Waals surface area contributed by atoms with Crippen molar-refractivity contribution < 1.29 is 4.42 Å². The summed E-state index contributed by atoms with van der Waals surface area (Å²) < 4.78 is 5.37. The molecule has 4 heteroatoms. The molecule has 0 radical (unpaired) electrons. The van der Waals surface area contributed by atoms with Gasteiger partial charge in [0.1, 0.15) is 10.9 Å². The minimum Gasteiger partial charge on any atom is -0.469 e. The van der Waals surface area contributed by atoms with Crippen LogP contribution >= 0.6 is 11.6 Å². The number of hydrogen-bond donors (Lipinski definition) is 1. The number of pyridine rings is 1. The first kappa shape index (κ1) is 15.1. The fourth-order valence-corrected chi connectivity index (χ4v) is 2.78. The van der Waals surface area contributed by atoms with Crippen molar-refractivity contribution in [1.29, 1.82) is 0 Å². The molecule has 0 spiro atoms. The van der Waals surface area contributed by atoms with Crippen molar-refractivity contribution >= 4 is 22.5 Å². The van der Waals surface area contributed by atoms with Gasteiger partial charge in [-0.1, -0.05) is 29.8 Å². The Balaban J connectivity index is 1.72. The van der Waals surface area contributed by atoms with E-state index in [0.29, 0.717) is 17.7 Å². The number of hydrogen-bond acceptors (Lipinski definition) is 3. The van der Waals surface area contributed by atoms with Crippen molar-refractivity contribution in [1.82, 2.24) is 10.3 Å². The highest BCUT2D eigenvalue weighted by atomic mass is 35.5. The molecular weight excluding hydrogens is 296 g/mol. The summed E-state index contributed by atoms with van der Waals surface area (Å²) in [5.74, 6) is 0.985. The van der Waals surface area contributed by atoms with E-state index in [1.165, 1.54) is 0 Å². The van der Waals surface area contributed by atoms with Crippen molar-refractivity contribution in [2.45, 2.75) is 32.9 Å². The van der Waals surface area contributed by atoms with Crippen LogP contribution in [0.15, 0.2) is 47.1 Å². The normalized spacial score (nSPS) is 12.7. The first-order chi connectivity index (χ1) is 10.6. The molecule has 114 valence electrons. The lowest BCUT2D eigenvalue weighted by Gasteiger charge is -2.14. The van der Waals surface area contributed by atoms with E-state index in [0.717, 1.165) is 34.2 Å². The summed E-state index contributed by atoms with van der Waals surface area (Å²) in [6.45, 7) is 4.88. The van der Waals surface area contributed by atoms with Crippen LogP contribution in [0.4, 0.5) is 0 Å². The van der Waals surface area contributed by atoms with Crippen LogP contribution in [0.3, 0.4) is 0 Å². The van der Waals surface area contributed by atoms with E-state index in [-0.39, 0.29) is 0 Å². The van der Waals surface area contributed by atoms with E-state index in [2.05, 4.69) is 42.3 Å². The SMILES string of the molecule is Cc1cccc2cc(CNC(C)Cc3ccco3)c(Cl)nc12. The maximum atomic E-state index is 6.33. The third-order valence-corrected chi connectivity index (χ3v) is 4.13. The topological polar surface area (TPSA) is 38.1 Å². The Kier molecular flexibility index (Phi) is 4.46. The van der Waals surface area contributed by atoms with E-state index >= 15 is 0 Å². The molecule has 1 aromatic carbocycles. The lowest BCUT2D eigenvalue weighted by molar-refractivity contribution is 0.456. The van der Waals surface area contributed by atoms with E-state index in [1.54, 1.807) is 6.26 Å². The van der Waals surface area contributed by atoms with Crippen LogP contribution in [-0.2, 0) is 13.0 Å². The lowest BCUT2D eigenvalue weighted by Crippen LogP contribution is -2.27. The zero-order chi connectivity index (χ0) is 15.5. The number of aryl methyl sites for hydroxylation is 1. The van der Waals surface area contributed by atoms with Crippen LogP contribution in [0.5, 0.6) is 0 Å². The number of aromatic nitrogens is 1. The number of furan rings is 1. The van der Waals surface area contributed by atoms with Gasteiger partial charge in [-0.3, -0.25) is 0 Å². The largest absolute Gasteiger partial charge is 0.469 e. The lowest BCUT2D eigenvalue weighted by atomic mass is 10.1. The van der Waals surface area contributed by atoms with Crippen LogP contribution in [0.25, 0.3) is 10.9 Å². The van der Waals surface area contributed by atoms with E-state index in [9.17, 15) is 0 Å². The Morgan fingerprint density at radius 1 is 1.27 bits per heavy atom. The van der Waals surface area contributed by atoms with Crippen molar-refractivity contribution in [3.8, 4) is 0 Å². The average molecular weight is 315 g/mol. The molecule has 3 rings (SSSR count). The monoisotopic (exact) mass is 314 g/mol. The van der Waals surface area contributed by atoms with Crippen LogP contribution in [-0.4, -0.2) is 11.0 Å². The van der Waals surface area contributed by atoms with Gasteiger partial charge in [-0.2, -0.15) is 0 Å². The van der Waals surface area contributed by atoms with Crippen molar-refractivity contribution in [2.24, 2.45) is 0 Å². The summed E-state index contributed by atoms with van der Waals surface area (Å²) in [5, 5.41) is 5.17. The predicted octanol–water partition coefficient (Wildman–Crippen LogP) is 4.51. The van der Waals surface area contributed by atoms with Crippen LogP contribution in [0, 0.1) is 6.92 Å². The zero-order valence-electron chi connectivity index (χ0n) is 12.8. The molecule has 22 heavy (non-hydrogen) atoms. The molecule has 0 bridgehead atoms. The average Bonchev–Trinajstić information content (AvgIpc) is 2.99. The number of nitrogens with one attached hydrogen (secondary N) is 1. The molecule has 1 unspecified atom stereocenters. The van der Waals surface area contributed by atoms with E-state index in [1.807, 2.05) is 18.2 Å². The molecule has 0 saturated heterocycles. The number of fused-ring (bicyclic) bond motifs is 1. The van der Waals surface area contributed by atoms with Gasteiger partial charge in [0.05, 0.1) is 11.8 Å². The number of halogens is 1. The highest BCUT2D eigenvalue weighted by molar-refractivity contribution is 6.30. The molecule has 2 heterocycles. The molecule has 1 N–H and O–H groups in total. The summed E-state index contributed by atoms with van der Waals surface area (Å²) in [5.41, 5.74) is 3.14. The number of rotatable bonds is 5.